The number of methoxy groups -OCH3 is 1. The zero-order valence-corrected chi connectivity index (χ0v) is 9.12. The van der Waals surface area contributed by atoms with Crippen molar-refractivity contribution in [2.45, 2.75) is 20.3 Å². The van der Waals surface area contributed by atoms with Gasteiger partial charge >= 0.3 is 0 Å². The summed E-state index contributed by atoms with van der Waals surface area (Å²) in [5.74, 6) is 1.85. The third-order valence-corrected chi connectivity index (χ3v) is 2.47. The molecular weight excluding hydrogens is 166 g/mol. The second-order valence-electron chi connectivity index (χ2n) is 3.89. The third-order valence-electron chi connectivity index (χ3n) is 2.47. The lowest BCUT2D eigenvalue weighted by Crippen LogP contribution is -2.16. The Labute approximate surface area is 81.1 Å². The Morgan fingerprint density at radius 1 is 1.54 bits per heavy atom. The molecule has 3 heteroatoms. The van der Waals surface area contributed by atoms with Crippen LogP contribution in [0.15, 0.2) is 0 Å². The van der Waals surface area contributed by atoms with Crippen LogP contribution in [-0.4, -0.2) is 38.6 Å². The summed E-state index contributed by atoms with van der Waals surface area (Å²) in [5, 5.41) is 0. The molecule has 1 fully saturated rings. The molecule has 1 heterocycles. The standard InChI is InChI=1S/C8H17N.C2H4O2/c1-7(2)8-4-5-9(3)6-8;1-4-2-3/h7-8H,4-6H2,1-3H3;2H,1H3. The number of carbonyl (C=O) groups is 1. The molecule has 3 nitrogen and oxygen atoms in total. The summed E-state index contributed by atoms with van der Waals surface area (Å²) in [6.07, 6.45) is 1.41. The van der Waals surface area contributed by atoms with Gasteiger partial charge in [-0.05, 0) is 31.8 Å². The predicted molar refractivity (Wildman–Crippen MR) is 53.5 cm³/mol. The first kappa shape index (κ1) is 12.4. The topological polar surface area (TPSA) is 29.5 Å². The Kier molecular flexibility index (Phi) is 6.59. The van der Waals surface area contributed by atoms with Gasteiger partial charge in [0, 0.05) is 6.54 Å². The van der Waals surface area contributed by atoms with Gasteiger partial charge in [0.25, 0.3) is 6.47 Å². The van der Waals surface area contributed by atoms with E-state index >= 15 is 0 Å². The summed E-state index contributed by atoms with van der Waals surface area (Å²) >= 11 is 0. The first-order valence-corrected chi connectivity index (χ1v) is 4.76. The van der Waals surface area contributed by atoms with Gasteiger partial charge in [-0.2, -0.15) is 0 Å². The maximum absolute atomic E-state index is 8.95. The second-order valence-corrected chi connectivity index (χ2v) is 3.89. The van der Waals surface area contributed by atoms with E-state index in [9.17, 15) is 0 Å². The van der Waals surface area contributed by atoms with Gasteiger partial charge in [-0.15, -0.1) is 0 Å². The minimum atomic E-state index is 0.375. The van der Waals surface area contributed by atoms with E-state index in [1.165, 1.54) is 26.6 Å². The van der Waals surface area contributed by atoms with Crippen molar-refractivity contribution in [1.82, 2.24) is 4.90 Å². The Bertz CT molecular complexity index is 137. The van der Waals surface area contributed by atoms with Gasteiger partial charge in [-0.25, -0.2) is 0 Å². The van der Waals surface area contributed by atoms with E-state index in [2.05, 4.69) is 30.5 Å². The van der Waals surface area contributed by atoms with Crippen LogP contribution in [0.4, 0.5) is 0 Å². The van der Waals surface area contributed by atoms with Crippen molar-refractivity contribution in [3.63, 3.8) is 0 Å². The number of likely N-dealkylation sites (tertiary alicyclic amines) is 1. The van der Waals surface area contributed by atoms with Crippen molar-refractivity contribution >= 4 is 6.47 Å². The fraction of sp³-hybridized carbons (Fsp3) is 0.900. The predicted octanol–water partition coefficient (Wildman–Crippen LogP) is 1.38. The van der Waals surface area contributed by atoms with E-state index in [0.717, 1.165) is 11.8 Å². The first-order chi connectivity index (χ1) is 6.11. The molecule has 1 unspecified atom stereocenters. The molecule has 13 heavy (non-hydrogen) atoms. The molecule has 1 rings (SSSR count). The first-order valence-electron chi connectivity index (χ1n) is 4.76. The maximum atomic E-state index is 8.95. The summed E-state index contributed by atoms with van der Waals surface area (Å²) in [6, 6.07) is 0. The number of nitrogens with zero attached hydrogens (tertiary/aromatic N) is 1. The normalized spacial score (nSPS) is 22.4. The zero-order valence-electron chi connectivity index (χ0n) is 9.12. The van der Waals surface area contributed by atoms with E-state index < -0.39 is 0 Å². The molecule has 0 aromatic rings. The minimum Gasteiger partial charge on any atom is -0.471 e. The van der Waals surface area contributed by atoms with Gasteiger partial charge in [0.15, 0.2) is 0 Å². The smallest absolute Gasteiger partial charge is 0.292 e. The number of rotatable bonds is 2. The Balaban J connectivity index is 0.000000310. The van der Waals surface area contributed by atoms with Crippen molar-refractivity contribution in [1.29, 1.82) is 0 Å². The molecule has 78 valence electrons. The third kappa shape index (κ3) is 5.64. The lowest BCUT2D eigenvalue weighted by atomic mass is 9.95. The van der Waals surface area contributed by atoms with Gasteiger partial charge < -0.3 is 9.64 Å². The SMILES string of the molecule is CC(C)C1CCN(C)C1.COC=O. The van der Waals surface area contributed by atoms with Crippen LogP contribution < -0.4 is 0 Å². The number of ether oxygens (including phenoxy) is 1. The molecule has 0 amide bonds. The summed E-state index contributed by atoms with van der Waals surface area (Å²) in [4.78, 5) is 11.4. The van der Waals surface area contributed by atoms with Gasteiger partial charge in [0.05, 0.1) is 7.11 Å². The van der Waals surface area contributed by atoms with Crippen LogP contribution in [-0.2, 0) is 9.53 Å². The molecule has 1 atom stereocenters. The lowest BCUT2D eigenvalue weighted by Gasteiger charge is -2.13. The molecule has 0 N–H and O–H groups in total. The fourth-order valence-corrected chi connectivity index (χ4v) is 1.51. The van der Waals surface area contributed by atoms with Gasteiger partial charge in [-0.3, -0.25) is 4.79 Å². The molecule has 0 aromatic carbocycles. The van der Waals surface area contributed by atoms with E-state index in [-0.39, 0.29) is 0 Å². The highest BCUT2D eigenvalue weighted by Crippen LogP contribution is 2.21. The molecular formula is C10H21NO2. The van der Waals surface area contributed by atoms with Crippen molar-refractivity contribution in [2.75, 3.05) is 27.2 Å². The Hall–Kier alpha value is -0.570. The summed E-state index contributed by atoms with van der Waals surface area (Å²) < 4.78 is 3.86. The molecule has 1 saturated heterocycles. The fourth-order valence-electron chi connectivity index (χ4n) is 1.51. The average Bonchev–Trinajstić information content (AvgIpc) is 2.52. The quantitative estimate of drug-likeness (QED) is 0.612. The minimum absolute atomic E-state index is 0.375. The van der Waals surface area contributed by atoms with Crippen molar-refractivity contribution < 1.29 is 9.53 Å². The second kappa shape index (κ2) is 6.89. The van der Waals surface area contributed by atoms with Crippen LogP contribution in [0.5, 0.6) is 0 Å². The number of hydrogen-bond acceptors (Lipinski definition) is 3. The Morgan fingerprint density at radius 2 is 2.08 bits per heavy atom. The number of hydrogen-bond donors (Lipinski definition) is 0. The van der Waals surface area contributed by atoms with Crippen LogP contribution in [0.2, 0.25) is 0 Å². The van der Waals surface area contributed by atoms with Crippen molar-refractivity contribution in [3.8, 4) is 0 Å². The van der Waals surface area contributed by atoms with Crippen LogP contribution in [0.3, 0.4) is 0 Å². The monoisotopic (exact) mass is 187 g/mol. The van der Waals surface area contributed by atoms with Crippen LogP contribution >= 0.6 is 0 Å². The highest BCUT2D eigenvalue weighted by molar-refractivity contribution is 5.36. The summed E-state index contributed by atoms with van der Waals surface area (Å²) in [5.41, 5.74) is 0. The molecule has 0 saturated carbocycles. The van der Waals surface area contributed by atoms with E-state index in [1.807, 2.05) is 0 Å². The van der Waals surface area contributed by atoms with Crippen LogP contribution in [0.1, 0.15) is 20.3 Å². The maximum Gasteiger partial charge on any atom is 0.292 e. The summed E-state index contributed by atoms with van der Waals surface area (Å²) in [7, 11) is 3.52. The highest BCUT2D eigenvalue weighted by atomic mass is 16.5. The summed E-state index contributed by atoms with van der Waals surface area (Å²) in [6.45, 7) is 7.65. The van der Waals surface area contributed by atoms with E-state index in [1.54, 1.807) is 0 Å². The van der Waals surface area contributed by atoms with Gasteiger partial charge in [0.1, 0.15) is 0 Å². The average molecular weight is 187 g/mol. The molecule has 1 aliphatic rings. The molecule has 1 aliphatic heterocycles. The van der Waals surface area contributed by atoms with Crippen LogP contribution in [0.25, 0.3) is 0 Å². The van der Waals surface area contributed by atoms with E-state index in [0.29, 0.717) is 6.47 Å². The highest BCUT2D eigenvalue weighted by Gasteiger charge is 2.21. The number of carbonyl (C=O) groups excluding carboxylic acids is 1. The van der Waals surface area contributed by atoms with Crippen molar-refractivity contribution in [2.24, 2.45) is 11.8 Å². The molecule has 0 aliphatic carbocycles. The van der Waals surface area contributed by atoms with Gasteiger partial charge in [-0.1, -0.05) is 13.8 Å². The molecule has 0 spiro atoms. The molecule has 0 aromatic heterocycles. The van der Waals surface area contributed by atoms with E-state index in [4.69, 9.17) is 4.79 Å². The lowest BCUT2D eigenvalue weighted by molar-refractivity contribution is -0.126. The molecule has 0 radical (unpaired) electrons. The molecule has 0 bridgehead atoms. The van der Waals surface area contributed by atoms with Gasteiger partial charge in [0.2, 0.25) is 0 Å². The zero-order chi connectivity index (χ0) is 10.3. The van der Waals surface area contributed by atoms with Crippen LogP contribution in [0, 0.1) is 11.8 Å². The Morgan fingerprint density at radius 3 is 2.23 bits per heavy atom. The van der Waals surface area contributed by atoms with Crippen molar-refractivity contribution in [3.05, 3.63) is 0 Å². The largest absolute Gasteiger partial charge is 0.471 e.